The molecule has 2 aromatic heterocycles. The fraction of sp³-hybridized carbons (Fsp3) is 0.500. The van der Waals surface area contributed by atoms with Crippen molar-refractivity contribution in [3.63, 3.8) is 0 Å². The lowest BCUT2D eigenvalue weighted by Gasteiger charge is -2.27. The lowest BCUT2D eigenvalue weighted by Crippen LogP contribution is -2.44. The number of piperazine rings is 1. The molecular weight excluding hydrogens is 230 g/mol. The third kappa shape index (κ3) is 1.78. The summed E-state index contributed by atoms with van der Waals surface area (Å²) in [5.41, 5.74) is 0.804. The molecule has 0 amide bonds. The number of aromatic nitrogens is 3. The normalized spacial score (nSPS) is 16.4. The maximum Gasteiger partial charge on any atom is 0.226 e. The minimum absolute atomic E-state index is 0.249. The van der Waals surface area contributed by atoms with E-state index in [1.54, 1.807) is 10.8 Å². The zero-order valence-electron chi connectivity index (χ0n) is 10.4. The van der Waals surface area contributed by atoms with E-state index >= 15 is 0 Å². The Hall–Kier alpha value is -1.82. The van der Waals surface area contributed by atoms with Crippen molar-refractivity contribution in [2.45, 2.75) is 13.5 Å². The fourth-order valence-electron chi connectivity index (χ4n) is 2.28. The first-order valence-corrected chi connectivity index (χ1v) is 6.30. The first kappa shape index (κ1) is 11.3. The minimum atomic E-state index is 0.249. The smallest absolute Gasteiger partial charge is 0.226 e. The van der Waals surface area contributed by atoms with Crippen molar-refractivity contribution in [2.24, 2.45) is 0 Å². The Morgan fingerprint density at radius 2 is 2.17 bits per heavy atom. The molecule has 0 aliphatic carbocycles. The number of fused-ring (bicyclic) bond motifs is 1. The molecule has 0 bridgehead atoms. The standard InChI is InChI=1S/C12H17N5O/c1-2-16-8-10-9(11(16)18)7-14-12(15-10)17-5-3-13-4-6-17/h7-8,13,18H,2-6H2,1H3. The molecule has 18 heavy (non-hydrogen) atoms. The summed E-state index contributed by atoms with van der Waals surface area (Å²) in [5, 5.41) is 14.0. The number of aryl methyl sites for hydroxylation is 1. The number of anilines is 1. The molecule has 1 fully saturated rings. The Kier molecular flexibility index (Phi) is 2.79. The average Bonchev–Trinajstić information content (AvgIpc) is 2.76. The van der Waals surface area contributed by atoms with Gasteiger partial charge < -0.3 is 19.9 Å². The van der Waals surface area contributed by atoms with Crippen LogP contribution in [0, 0.1) is 0 Å². The molecule has 0 unspecified atom stereocenters. The van der Waals surface area contributed by atoms with Gasteiger partial charge in [0.05, 0.1) is 10.9 Å². The molecule has 3 heterocycles. The highest BCUT2D eigenvalue weighted by atomic mass is 16.3. The molecule has 0 radical (unpaired) electrons. The Morgan fingerprint density at radius 1 is 1.39 bits per heavy atom. The predicted molar refractivity (Wildman–Crippen MR) is 69.9 cm³/mol. The van der Waals surface area contributed by atoms with Crippen molar-refractivity contribution in [1.29, 1.82) is 0 Å². The topological polar surface area (TPSA) is 66.2 Å². The summed E-state index contributed by atoms with van der Waals surface area (Å²) < 4.78 is 1.78. The number of rotatable bonds is 2. The molecular formula is C12H17N5O. The molecule has 0 atom stereocenters. The van der Waals surface area contributed by atoms with E-state index in [1.807, 2.05) is 13.1 Å². The highest BCUT2D eigenvalue weighted by Crippen LogP contribution is 2.26. The van der Waals surface area contributed by atoms with Crippen molar-refractivity contribution in [2.75, 3.05) is 31.1 Å². The lowest BCUT2D eigenvalue weighted by atomic mass is 10.3. The van der Waals surface area contributed by atoms with Gasteiger partial charge in [-0.15, -0.1) is 0 Å². The maximum absolute atomic E-state index is 9.95. The molecule has 3 rings (SSSR count). The second-order valence-electron chi connectivity index (χ2n) is 4.44. The first-order valence-electron chi connectivity index (χ1n) is 6.30. The third-order valence-electron chi connectivity index (χ3n) is 3.34. The Bertz CT molecular complexity index is 559. The van der Waals surface area contributed by atoms with Crippen LogP contribution < -0.4 is 10.2 Å². The van der Waals surface area contributed by atoms with Crippen molar-refractivity contribution in [3.05, 3.63) is 12.4 Å². The van der Waals surface area contributed by atoms with Crippen LogP contribution in [0.25, 0.3) is 10.9 Å². The SMILES string of the molecule is CCn1cc2nc(N3CCNCC3)ncc2c1O. The fourth-order valence-corrected chi connectivity index (χ4v) is 2.28. The van der Waals surface area contributed by atoms with Crippen molar-refractivity contribution >= 4 is 16.9 Å². The van der Waals surface area contributed by atoms with E-state index in [-0.39, 0.29) is 5.88 Å². The van der Waals surface area contributed by atoms with E-state index in [4.69, 9.17) is 0 Å². The molecule has 1 aliphatic rings. The van der Waals surface area contributed by atoms with Crippen molar-refractivity contribution in [3.8, 4) is 5.88 Å². The van der Waals surface area contributed by atoms with Gasteiger partial charge in [0.1, 0.15) is 0 Å². The molecule has 1 aliphatic heterocycles. The van der Waals surface area contributed by atoms with E-state index in [9.17, 15) is 5.11 Å². The molecule has 96 valence electrons. The molecule has 6 heteroatoms. The summed E-state index contributed by atoms with van der Waals surface area (Å²) in [4.78, 5) is 11.1. The number of aromatic hydroxyl groups is 1. The summed E-state index contributed by atoms with van der Waals surface area (Å²) >= 11 is 0. The molecule has 0 spiro atoms. The largest absolute Gasteiger partial charge is 0.494 e. The van der Waals surface area contributed by atoms with Gasteiger partial charge in [-0.3, -0.25) is 0 Å². The van der Waals surface area contributed by atoms with Crippen LogP contribution in [0.4, 0.5) is 5.95 Å². The monoisotopic (exact) mass is 247 g/mol. The summed E-state index contributed by atoms with van der Waals surface area (Å²) in [6, 6.07) is 0. The summed E-state index contributed by atoms with van der Waals surface area (Å²) in [7, 11) is 0. The highest BCUT2D eigenvalue weighted by molar-refractivity contribution is 5.84. The van der Waals surface area contributed by atoms with Crippen molar-refractivity contribution < 1.29 is 5.11 Å². The molecule has 0 saturated carbocycles. The molecule has 2 N–H and O–H groups in total. The second kappa shape index (κ2) is 4.45. The molecule has 0 aromatic carbocycles. The van der Waals surface area contributed by atoms with Crippen LogP contribution in [-0.2, 0) is 6.54 Å². The number of nitrogens with zero attached hydrogens (tertiary/aromatic N) is 4. The zero-order valence-corrected chi connectivity index (χ0v) is 10.4. The second-order valence-corrected chi connectivity index (χ2v) is 4.44. The summed E-state index contributed by atoms with van der Waals surface area (Å²) in [6.45, 7) is 6.48. The Labute approximate surface area is 105 Å². The van der Waals surface area contributed by atoms with Gasteiger partial charge in [-0.1, -0.05) is 0 Å². The Morgan fingerprint density at radius 3 is 2.89 bits per heavy atom. The van der Waals surface area contributed by atoms with E-state index < -0.39 is 0 Å². The minimum Gasteiger partial charge on any atom is -0.494 e. The van der Waals surface area contributed by atoms with Crippen LogP contribution in [0.5, 0.6) is 5.88 Å². The summed E-state index contributed by atoms with van der Waals surface area (Å²) in [6.07, 6.45) is 3.58. The van der Waals surface area contributed by atoms with E-state index in [0.717, 1.165) is 49.6 Å². The van der Waals surface area contributed by atoms with Gasteiger partial charge in [-0.05, 0) is 6.92 Å². The predicted octanol–water partition coefficient (Wildman–Crippen LogP) is 0.566. The molecule has 2 aromatic rings. The zero-order chi connectivity index (χ0) is 12.5. The van der Waals surface area contributed by atoms with Gasteiger partial charge in [-0.2, -0.15) is 0 Å². The van der Waals surface area contributed by atoms with Crippen LogP contribution in [0.15, 0.2) is 12.4 Å². The quantitative estimate of drug-likeness (QED) is 0.812. The van der Waals surface area contributed by atoms with E-state index in [0.29, 0.717) is 0 Å². The van der Waals surface area contributed by atoms with Gasteiger partial charge in [-0.25, -0.2) is 9.97 Å². The molecule has 6 nitrogen and oxygen atoms in total. The van der Waals surface area contributed by atoms with Crippen molar-refractivity contribution in [1.82, 2.24) is 19.9 Å². The van der Waals surface area contributed by atoms with Crippen LogP contribution in [-0.4, -0.2) is 45.8 Å². The van der Waals surface area contributed by atoms with Crippen LogP contribution >= 0.6 is 0 Å². The first-order chi connectivity index (χ1) is 8.79. The van der Waals surface area contributed by atoms with Gasteiger partial charge in [0.25, 0.3) is 0 Å². The van der Waals surface area contributed by atoms with Crippen LogP contribution in [0.1, 0.15) is 6.92 Å². The number of nitrogens with one attached hydrogen (secondary N) is 1. The van der Waals surface area contributed by atoms with Gasteiger partial charge in [0, 0.05) is 45.1 Å². The van der Waals surface area contributed by atoms with Gasteiger partial charge in [0.15, 0.2) is 0 Å². The van der Waals surface area contributed by atoms with E-state index in [1.165, 1.54) is 0 Å². The highest BCUT2D eigenvalue weighted by Gasteiger charge is 2.15. The number of hydrogen-bond donors (Lipinski definition) is 2. The summed E-state index contributed by atoms with van der Waals surface area (Å²) in [5.74, 6) is 0.997. The van der Waals surface area contributed by atoms with Crippen LogP contribution in [0.3, 0.4) is 0 Å². The maximum atomic E-state index is 9.95. The lowest BCUT2D eigenvalue weighted by molar-refractivity contribution is 0.427. The Balaban J connectivity index is 2.00. The third-order valence-corrected chi connectivity index (χ3v) is 3.34. The number of hydrogen-bond acceptors (Lipinski definition) is 5. The molecule has 1 saturated heterocycles. The van der Waals surface area contributed by atoms with Gasteiger partial charge in [0.2, 0.25) is 11.8 Å². The van der Waals surface area contributed by atoms with E-state index in [2.05, 4.69) is 20.2 Å². The average molecular weight is 247 g/mol. The van der Waals surface area contributed by atoms with Gasteiger partial charge >= 0.3 is 0 Å². The van der Waals surface area contributed by atoms with Crippen LogP contribution in [0.2, 0.25) is 0 Å².